The van der Waals surface area contributed by atoms with E-state index in [1.165, 1.54) is 70.2 Å². The average Bonchev–Trinajstić information content (AvgIpc) is 3.25. The Morgan fingerprint density at radius 2 is 0.556 bits per heavy atom. The first-order valence-corrected chi connectivity index (χ1v) is 19.9. The van der Waals surface area contributed by atoms with E-state index in [1.807, 2.05) is 12.1 Å². The summed E-state index contributed by atoms with van der Waals surface area (Å²) in [4.78, 5) is 0. The second kappa shape index (κ2) is 24.7. The molecule has 0 spiro atoms. The molecule has 0 heterocycles. The fourth-order valence-electron chi connectivity index (χ4n) is 6.18. The summed E-state index contributed by atoms with van der Waals surface area (Å²) < 4.78 is 0. The number of fused-ring (bicyclic) bond motifs is 1. The lowest BCUT2D eigenvalue weighted by molar-refractivity contribution is 0.685. The van der Waals surface area contributed by atoms with Crippen LogP contribution in [-0.4, -0.2) is 0 Å². The average molecular weight is 709 g/mol. The van der Waals surface area contributed by atoms with Crippen LogP contribution in [0.15, 0.2) is 194 Å². The van der Waals surface area contributed by atoms with Crippen LogP contribution in [0.2, 0.25) is 0 Å². The van der Waals surface area contributed by atoms with Crippen LogP contribution >= 0.6 is 0 Å². The second-order valence-corrected chi connectivity index (χ2v) is 14.0. The number of aryl methyl sites for hydroxylation is 6. The Morgan fingerprint density at radius 1 is 0.296 bits per heavy atom. The molecule has 0 heteroatoms. The van der Waals surface area contributed by atoms with Crippen LogP contribution in [0, 0.1) is 13.8 Å². The Kier molecular flexibility index (Phi) is 18.9. The summed E-state index contributed by atoms with van der Waals surface area (Å²) in [6.07, 6.45) is 9.71. The van der Waals surface area contributed by atoms with E-state index in [1.54, 1.807) is 11.1 Å². The van der Waals surface area contributed by atoms with Crippen molar-refractivity contribution in [3.8, 4) is 0 Å². The van der Waals surface area contributed by atoms with Gasteiger partial charge in [-0.3, -0.25) is 0 Å². The standard InChI is InChI=1S/2C14H14.C10H12.2C8H10/c2*1-12-7-9-14(10-8-12)11-13-5-3-2-4-6-13;1-2-6-10-8-4-3-7-9(10)5-1;2*1-2-8-6-4-3-5-7-8/h2*2-10H,11H2,1H3;1-2,5-6H,3-4,7-8H2;2*3-7H,2H2,1H3. The van der Waals surface area contributed by atoms with Gasteiger partial charge in [0.05, 0.1) is 0 Å². The maximum Gasteiger partial charge on any atom is -0.00258 e. The molecule has 0 aromatic heterocycles. The third-order valence-corrected chi connectivity index (χ3v) is 9.51. The van der Waals surface area contributed by atoms with E-state index in [-0.39, 0.29) is 0 Å². The van der Waals surface area contributed by atoms with Gasteiger partial charge in [-0.2, -0.15) is 0 Å². The Hall–Kier alpha value is -5.46. The van der Waals surface area contributed by atoms with Gasteiger partial charge in [0.2, 0.25) is 0 Å². The molecule has 0 saturated carbocycles. The van der Waals surface area contributed by atoms with E-state index in [0.29, 0.717) is 0 Å². The van der Waals surface area contributed by atoms with Crippen molar-refractivity contribution in [3.05, 3.63) is 250 Å². The number of rotatable bonds is 6. The van der Waals surface area contributed by atoms with E-state index in [2.05, 4.69) is 210 Å². The summed E-state index contributed by atoms with van der Waals surface area (Å²) in [7, 11) is 0. The number of hydrogen-bond donors (Lipinski definition) is 0. The van der Waals surface area contributed by atoms with Gasteiger partial charge in [0.25, 0.3) is 0 Å². The van der Waals surface area contributed by atoms with Crippen molar-refractivity contribution in [1.29, 1.82) is 0 Å². The van der Waals surface area contributed by atoms with E-state index < -0.39 is 0 Å². The lowest BCUT2D eigenvalue weighted by atomic mass is 9.92. The zero-order valence-corrected chi connectivity index (χ0v) is 33.1. The first-order valence-electron chi connectivity index (χ1n) is 19.9. The predicted molar refractivity (Wildman–Crippen MR) is 236 cm³/mol. The fraction of sp³-hybridized carbons (Fsp3) is 0.222. The molecular weight excluding hydrogens is 649 g/mol. The van der Waals surface area contributed by atoms with Crippen molar-refractivity contribution in [3.63, 3.8) is 0 Å². The first kappa shape index (κ1) is 41.3. The normalized spacial score (nSPS) is 11.0. The number of hydrogen-bond acceptors (Lipinski definition) is 0. The van der Waals surface area contributed by atoms with E-state index in [9.17, 15) is 0 Å². The van der Waals surface area contributed by atoms with Gasteiger partial charge < -0.3 is 0 Å². The molecule has 0 saturated heterocycles. The Bertz CT molecular complexity index is 1790. The summed E-state index contributed by atoms with van der Waals surface area (Å²) >= 11 is 0. The zero-order valence-electron chi connectivity index (χ0n) is 33.1. The van der Waals surface area contributed by atoms with E-state index in [4.69, 9.17) is 0 Å². The Labute approximate surface area is 327 Å². The number of benzene rings is 7. The quantitative estimate of drug-likeness (QED) is 0.161. The van der Waals surface area contributed by atoms with Crippen LogP contribution < -0.4 is 0 Å². The van der Waals surface area contributed by atoms with Gasteiger partial charge in [-0.05, 0) is 110 Å². The van der Waals surface area contributed by atoms with Crippen molar-refractivity contribution in [2.75, 3.05) is 0 Å². The van der Waals surface area contributed by atoms with Crippen molar-refractivity contribution in [1.82, 2.24) is 0 Å². The molecule has 0 atom stereocenters. The summed E-state index contributed by atoms with van der Waals surface area (Å²) in [5, 5.41) is 0. The molecule has 1 aliphatic rings. The Morgan fingerprint density at radius 3 is 0.833 bits per heavy atom. The van der Waals surface area contributed by atoms with E-state index in [0.717, 1.165) is 25.7 Å². The fourth-order valence-corrected chi connectivity index (χ4v) is 6.18. The highest BCUT2D eigenvalue weighted by Gasteiger charge is 2.06. The van der Waals surface area contributed by atoms with Gasteiger partial charge in [-0.15, -0.1) is 0 Å². The van der Waals surface area contributed by atoms with Gasteiger partial charge >= 0.3 is 0 Å². The summed E-state index contributed by atoms with van der Waals surface area (Å²) in [6, 6.07) is 68.3. The van der Waals surface area contributed by atoms with Gasteiger partial charge in [0.1, 0.15) is 0 Å². The van der Waals surface area contributed by atoms with E-state index >= 15 is 0 Å². The van der Waals surface area contributed by atoms with Crippen molar-refractivity contribution >= 4 is 0 Å². The molecule has 7 aromatic rings. The third kappa shape index (κ3) is 16.5. The highest BCUT2D eigenvalue weighted by atomic mass is 14.1. The van der Waals surface area contributed by atoms with Crippen LogP contribution in [-0.2, 0) is 38.5 Å². The van der Waals surface area contributed by atoms with Crippen LogP contribution in [0.4, 0.5) is 0 Å². The highest BCUT2D eigenvalue weighted by molar-refractivity contribution is 5.30. The molecule has 276 valence electrons. The van der Waals surface area contributed by atoms with Crippen molar-refractivity contribution in [2.45, 2.75) is 79.1 Å². The van der Waals surface area contributed by atoms with Gasteiger partial charge in [0.15, 0.2) is 0 Å². The highest BCUT2D eigenvalue weighted by Crippen LogP contribution is 2.20. The summed E-state index contributed by atoms with van der Waals surface area (Å²) in [6.45, 7) is 8.56. The lowest BCUT2D eigenvalue weighted by Crippen LogP contribution is -2.00. The van der Waals surface area contributed by atoms with Gasteiger partial charge in [-0.25, -0.2) is 0 Å². The topological polar surface area (TPSA) is 0 Å². The zero-order chi connectivity index (χ0) is 38.1. The molecule has 0 aliphatic heterocycles. The summed E-state index contributed by atoms with van der Waals surface area (Å²) in [5.41, 5.74) is 14.1. The minimum Gasteiger partial charge on any atom is -0.0622 e. The molecular formula is C54H60. The first-order chi connectivity index (χ1) is 26.5. The molecule has 0 fully saturated rings. The molecule has 0 bridgehead atoms. The Balaban J connectivity index is 0.000000154. The largest absolute Gasteiger partial charge is 0.0622 e. The molecule has 0 N–H and O–H groups in total. The van der Waals surface area contributed by atoms with Crippen LogP contribution in [0.1, 0.15) is 82.3 Å². The third-order valence-electron chi connectivity index (χ3n) is 9.51. The summed E-state index contributed by atoms with van der Waals surface area (Å²) in [5.74, 6) is 0. The van der Waals surface area contributed by atoms with Gasteiger partial charge in [-0.1, -0.05) is 219 Å². The SMILES string of the molecule is CCc1ccccc1.CCc1ccccc1.Cc1ccc(Cc2ccccc2)cc1.Cc1ccc(Cc2ccccc2)cc1.c1ccc2c(c1)CCCC2. The molecule has 8 rings (SSSR count). The van der Waals surface area contributed by atoms with Gasteiger partial charge in [0, 0.05) is 0 Å². The lowest BCUT2D eigenvalue weighted by Gasteiger charge is -2.13. The molecule has 1 aliphatic carbocycles. The minimum absolute atomic E-state index is 1.03. The predicted octanol–water partition coefficient (Wildman–Crippen LogP) is 14.2. The molecule has 0 amide bonds. The van der Waals surface area contributed by atoms with Crippen LogP contribution in [0.3, 0.4) is 0 Å². The molecule has 0 radical (unpaired) electrons. The monoisotopic (exact) mass is 708 g/mol. The smallest absolute Gasteiger partial charge is 0.00258 e. The maximum absolute atomic E-state index is 2.26. The molecule has 54 heavy (non-hydrogen) atoms. The maximum atomic E-state index is 2.26. The van der Waals surface area contributed by atoms with Crippen molar-refractivity contribution < 1.29 is 0 Å². The molecule has 7 aromatic carbocycles. The van der Waals surface area contributed by atoms with Crippen molar-refractivity contribution in [2.24, 2.45) is 0 Å². The molecule has 0 unspecified atom stereocenters. The second-order valence-electron chi connectivity index (χ2n) is 14.0. The molecule has 0 nitrogen and oxygen atoms in total. The van der Waals surface area contributed by atoms with Crippen LogP contribution in [0.5, 0.6) is 0 Å². The minimum atomic E-state index is 1.03. The van der Waals surface area contributed by atoms with Crippen LogP contribution in [0.25, 0.3) is 0 Å².